The fraction of sp³-hybridized carbons (Fsp3) is 0.727. The number of urea groups is 1. The van der Waals surface area contributed by atoms with Crippen molar-refractivity contribution in [2.24, 2.45) is 0 Å². The summed E-state index contributed by atoms with van der Waals surface area (Å²) in [5.74, 6) is -1.54. The Labute approximate surface area is 107 Å². The van der Waals surface area contributed by atoms with Crippen LogP contribution < -0.4 is 10.6 Å². The molecule has 0 bridgehead atoms. The number of rotatable bonds is 7. The van der Waals surface area contributed by atoms with Crippen molar-refractivity contribution in [2.75, 3.05) is 20.1 Å². The summed E-state index contributed by atoms with van der Waals surface area (Å²) in [5.41, 5.74) is 0. The molecule has 7 heteroatoms. The first-order valence-corrected chi connectivity index (χ1v) is 5.89. The molecule has 18 heavy (non-hydrogen) atoms. The summed E-state index contributed by atoms with van der Waals surface area (Å²) in [6.07, 6.45) is 1.80. The number of aliphatic carboxylic acids is 1. The Hall–Kier alpha value is -1.63. The van der Waals surface area contributed by atoms with Gasteiger partial charge in [0.15, 0.2) is 0 Å². The number of carboxylic acid groups (broad SMARTS) is 1. The van der Waals surface area contributed by atoms with Gasteiger partial charge in [-0.3, -0.25) is 19.8 Å². The van der Waals surface area contributed by atoms with E-state index in [4.69, 9.17) is 5.11 Å². The maximum atomic E-state index is 11.4. The molecule has 1 unspecified atom stereocenters. The van der Waals surface area contributed by atoms with Crippen molar-refractivity contribution in [2.45, 2.75) is 32.7 Å². The second-order valence-electron chi connectivity index (χ2n) is 4.09. The molecule has 3 N–H and O–H groups in total. The number of hydrogen-bond acceptors (Lipinski definition) is 4. The van der Waals surface area contributed by atoms with Gasteiger partial charge in [0.25, 0.3) is 0 Å². The summed E-state index contributed by atoms with van der Waals surface area (Å²) in [5, 5.41) is 13.4. The van der Waals surface area contributed by atoms with E-state index >= 15 is 0 Å². The van der Waals surface area contributed by atoms with Gasteiger partial charge in [-0.05, 0) is 20.4 Å². The van der Waals surface area contributed by atoms with Gasteiger partial charge in [0.05, 0.1) is 6.54 Å². The monoisotopic (exact) mass is 259 g/mol. The summed E-state index contributed by atoms with van der Waals surface area (Å²) in [6.45, 7) is 3.83. The summed E-state index contributed by atoms with van der Waals surface area (Å²) < 4.78 is 0. The van der Waals surface area contributed by atoms with Crippen molar-refractivity contribution in [1.29, 1.82) is 0 Å². The molecule has 0 heterocycles. The van der Waals surface area contributed by atoms with Crippen LogP contribution in [0.1, 0.15) is 26.7 Å². The van der Waals surface area contributed by atoms with Crippen molar-refractivity contribution in [3.63, 3.8) is 0 Å². The molecule has 0 saturated heterocycles. The first kappa shape index (κ1) is 16.4. The summed E-state index contributed by atoms with van der Waals surface area (Å²) in [4.78, 5) is 34.7. The minimum Gasteiger partial charge on any atom is -0.480 e. The largest absolute Gasteiger partial charge is 0.480 e. The summed E-state index contributed by atoms with van der Waals surface area (Å²) in [6, 6.07) is -1.33. The van der Waals surface area contributed by atoms with Gasteiger partial charge in [0.1, 0.15) is 6.04 Å². The molecular formula is C11H21N3O4. The molecule has 0 radical (unpaired) electrons. The van der Waals surface area contributed by atoms with E-state index in [1.807, 2.05) is 6.92 Å². The minimum absolute atomic E-state index is 0.144. The predicted molar refractivity (Wildman–Crippen MR) is 66.2 cm³/mol. The third kappa shape index (κ3) is 6.85. The highest BCUT2D eigenvalue weighted by Gasteiger charge is 2.19. The van der Waals surface area contributed by atoms with Crippen LogP contribution in [-0.2, 0) is 9.59 Å². The molecular weight excluding hydrogens is 238 g/mol. The van der Waals surface area contributed by atoms with Crippen LogP contribution in [0.3, 0.4) is 0 Å². The number of nitrogens with zero attached hydrogens (tertiary/aromatic N) is 1. The molecule has 3 amide bonds. The molecule has 0 spiro atoms. The standard InChI is InChI=1S/C11H21N3O4/c1-4-5-6-12-11(18)13-9(15)7-14(3)8(2)10(16)17/h8H,4-7H2,1-3H3,(H,16,17)(H2,12,13,15,18). The fourth-order valence-corrected chi connectivity index (χ4v) is 1.14. The number of carboxylic acids is 1. The second-order valence-corrected chi connectivity index (χ2v) is 4.09. The van der Waals surface area contributed by atoms with Gasteiger partial charge in [0, 0.05) is 6.54 Å². The zero-order valence-corrected chi connectivity index (χ0v) is 11.0. The van der Waals surface area contributed by atoms with Crippen LogP contribution >= 0.6 is 0 Å². The van der Waals surface area contributed by atoms with Crippen molar-refractivity contribution >= 4 is 17.9 Å². The van der Waals surface area contributed by atoms with Gasteiger partial charge in [-0.1, -0.05) is 13.3 Å². The number of amides is 3. The molecule has 0 aromatic heterocycles. The molecule has 1 atom stereocenters. The molecule has 0 aliphatic rings. The second kappa shape index (κ2) is 8.46. The first-order valence-electron chi connectivity index (χ1n) is 5.89. The first-order chi connectivity index (χ1) is 8.38. The Morgan fingerprint density at radius 2 is 1.94 bits per heavy atom. The Morgan fingerprint density at radius 1 is 1.33 bits per heavy atom. The molecule has 0 rings (SSSR count). The normalized spacial score (nSPS) is 12.0. The van der Waals surface area contributed by atoms with E-state index in [-0.39, 0.29) is 6.54 Å². The number of carbonyl (C=O) groups excluding carboxylic acids is 2. The van der Waals surface area contributed by atoms with Crippen LogP contribution in [0.2, 0.25) is 0 Å². The smallest absolute Gasteiger partial charge is 0.321 e. The molecule has 104 valence electrons. The molecule has 7 nitrogen and oxygen atoms in total. The Morgan fingerprint density at radius 3 is 2.44 bits per heavy atom. The average molecular weight is 259 g/mol. The molecule has 0 aromatic rings. The van der Waals surface area contributed by atoms with E-state index in [9.17, 15) is 14.4 Å². The number of hydrogen-bond donors (Lipinski definition) is 3. The van der Waals surface area contributed by atoms with Crippen molar-refractivity contribution in [3.8, 4) is 0 Å². The lowest BCUT2D eigenvalue weighted by Crippen LogP contribution is -2.47. The molecule has 0 aromatic carbocycles. The van der Waals surface area contributed by atoms with Crippen molar-refractivity contribution < 1.29 is 19.5 Å². The van der Waals surface area contributed by atoms with E-state index in [1.54, 1.807) is 0 Å². The Kier molecular flexibility index (Phi) is 7.69. The maximum absolute atomic E-state index is 11.4. The number of unbranched alkanes of at least 4 members (excludes halogenated alkanes) is 1. The van der Waals surface area contributed by atoms with E-state index in [2.05, 4.69) is 10.6 Å². The highest BCUT2D eigenvalue weighted by Crippen LogP contribution is 1.94. The van der Waals surface area contributed by atoms with Crippen LogP contribution in [0.5, 0.6) is 0 Å². The number of likely N-dealkylation sites (N-methyl/N-ethyl adjacent to an activating group) is 1. The zero-order valence-electron chi connectivity index (χ0n) is 11.0. The maximum Gasteiger partial charge on any atom is 0.321 e. The van der Waals surface area contributed by atoms with E-state index in [0.717, 1.165) is 12.8 Å². The predicted octanol–water partition coefficient (Wildman–Crippen LogP) is 0.0172. The number of nitrogens with one attached hydrogen (secondary N) is 2. The minimum atomic E-state index is -1.02. The lowest BCUT2D eigenvalue weighted by Gasteiger charge is -2.20. The molecule has 0 saturated carbocycles. The summed E-state index contributed by atoms with van der Waals surface area (Å²) in [7, 11) is 1.51. The SMILES string of the molecule is CCCCNC(=O)NC(=O)CN(C)C(C)C(=O)O. The Balaban J connectivity index is 3.96. The van der Waals surface area contributed by atoms with E-state index in [0.29, 0.717) is 6.54 Å². The highest BCUT2D eigenvalue weighted by molar-refractivity contribution is 5.95. The van der Waals surface area contributed by atoms with Gasteiger partial charge in [0.2, 0.25) is 5.91 Å². The highest BCUT2D eigenvalue weighted by atomic mass is 16.4. The zero-order chi connectivity index (χ0) is 14.1. The van der Waals surface area contributed by atoms with Crippen LogP contribution in [0.15, 0.2) is 0 Å². The third-order valence-corrected chi connectivity index (χ3v) is 2.48. The Bertz CT molecular complexity index is 307. The third-order valence-electron chi connectivity index (χ3n) is 2.48. The van der Waals surface area contributed by atoms with Gasteiger partial charge in [-0.25, -0.2) is 4.79 Å². The fourth-order valence-electron chi connectivity index (χ4n) is 1.14. The van der Waals surface area contributed by atoms with Gasteiger partial charge >= 0.3 is 12.0 Å². The lowest BCUT2D eigenvalue weighted by molar-refractivity contribution is -0.142. The molecule has 0 aliphatic heterocycles. The van der Waals surface area contributed by atoms with Crippen LogP contribution in [0.4, 0.5) is 4.79 Å². The van der Waals surface area contributed by atoms with Gasteiger partial charge in [-0.15, -0.1) is 0 Å². The molecule has 0 aliphatic carbocycles. The van der Waals surface area contributed by atoms with E-state index < -0.39 is 23.9 Å². The quantitative estimate of drug-likeness (QED) is 0.560. The van der Waals surface area contributed by atoms with E-state index in [1.165, 1.54) is 18.9 Å². The average Bonchev–Trinajstić information content (AvgIpc) is 2.27. The van der Waals surface area contributed by atoms with Crippen molar-refractivity contribution in [1.82, 2.24) is 15.5 Å². The summed E-state index contributed by atoms with van der Waals surface area (Å²) >= 11 is 0. The lowest BCUT2D eigenvalue weighted by atomic mass is 10.3. The van der Waals surface area contributed by atoms with Gasteiger partial charge < -0.3 is 10.4 Å². The number of carbonyl (C=O) groups is 3. The van der Waals surface area contributed by atoms with Crippen LogP contribution in [-0.4, -0.2) is 54.1 Å². The van der Waals surface area contributed by atoms with Crippen LogP contribution in [0.25, 0.3) is 0 Å². The number of imide groups is 1. The van der Waals surface area contributed by atoms with Crippen molar-refractivity contribution in [3.05, 3.63) is 0 Å². The van der Waals surface area contributed by atoms with Gasteiger partial charge in [-0.2, -0.15) is 0 Å². The molecule has 0 fully saturated rings. The van der Waals surface area contributed by atoms with Crippen LogP contribution in [0, 0.1) is 0 Å². The topological polar surface area (TPSA) is 98.7 Å².